The van der Waals surface area contributed by atoms with E-state index in [1.807, 2.05) is 18.3 Å². The van der Waals surface area contributed by atoms with Gasteiger partial charge in [0.25, 0.3) is 0 Å². The fraction of sp³-hybridized carbons (Fsp3) is 0.542. The highest BCUT2D eigenvalue weighted by atomic mass is 16.3. The largest absolute Gasteiger partial charge is 0.467 e. The van der Waals surface area contributed by atoms with Crippen LogP contribution in [0, 0.1) is 5.92 Å². The van der Waals surface area contributed by atoms with Gasteiger partial charge in [0, 0.05) is 44.8 Å². The fourth-order valence-corrected chi connectivity index (χ4v) is 4.37. The maximum absolute atomic E-state index is 12.6. The van der Waals surface area contributed by atoms with E-state index in [1.165, 1.54) is 25.7 Å². The van der Waals surface area contributed by atoms with Crippen LogP contribution in [0.15, 0.2) is 41.1 Å². The van der Waals surface area contributed by atoms with Crippen molar-refractivity contribution in [2.75, 3.05) is 31.1 Å². The van der Waals surface area contributed by atoms with Gasteiger partial charge in [-0.1, -0.05) is 18.9 Å². The smallest absolute Gasteiger partial charge is 0.317 e. The van der Waals surface area contributed by atoms with Gasteiger partial charge in [-0.05, 0) is 49.4 Å². The van der Waals surface area contributed by atoms with Crippen LogP contribution in [-0.2, 0) is 17.9 Å². The summed E-state index contributed by atoms with van der Waals surface area (Å²) in [5.41, 5.74) is 0.990. The first-order valence-corrected chi connectivity index (χ1v) is 11.7. The van der Waals surface area contributed by atoms with E-state index in [0.29, 0.717) is 39.0 Å². The molecule has 3 amide bonds. The van der Waals surface area contributed by atoms with Gasteiger partial charge in [0.1, 0.15) is 11.6 Å². The average Bonchev–Trinajstić information content (AvgIpc) is 3.22. The van der Waals surface area contributed by atoms with Crippen molar-refractivity contribution in [2.24, 2.45) is 5.92 Å². The Balaban J connectivity index is 1.17. The predicted molar refractivity (Wildman–Crippen MR) is 122 cm³/mol. The Morgan fingerprint density at radius 1 is 0.969 bits per heavy atom. The highest BCUT2D eigenvalue weighted by molar-refractivity contribution is 5.79. The number of hydrogen-bond acceptors (Lipinski definition) is 5. The molecule has 172 valence electrons. The topological polar surface area (TPSA) is 90.7 Å². The van der Waals surface area contributed by atoms with Crippen LogP contribution in [-0.4, -0.2) is 48.0 Å². The summed E-state index contributed by atoms with van der Waals surface area (Å²) in [7, 11) is 0. The number of furan rings is 1. The normalized spacial score (nSPS) is 17.6. The van der Waals surface area contributed by atoms with E-state index in [-0.39, 0.29) is 17.9 Å². The minimum Gasteiger partial charge on any atom is -0.467 e. The van der Waals surface area contributed by atoms with Gasteiger partial charge in [0.2, 0.25) is 5.91 Å². The van der Waals surface area contributed by atoms with Gasteiger partial charge >= 0.3 is 6.03 Å². The second-order valence-electron chi connectivity index (χ2n) is 8.64. The monoisotopic (exact) mass is 439 g/mol. The van der Waals surface area contributed by atoms with Crippen molar-refractivity contribution in [1.82, 2.24) is 20.5 Å². The Morgan fingerprint density at radius 2 is 1.75 bits per heavy atom. The van der Waals surface area contributed by atoms with E-state index >= 15 is 0 Å². The third kappa shape index (κ3) is 6.02. The van der Waals surface area contributed by atoms with Crippen LogP contribution in [0.2, 0.25) is 0 Å². The van der Waals surface area contributed by atoms with E-state index in [9.17, 15) is 9.59 Å². The number of urea groups is 1. The first-order chi connectivity index (χ1) is 15.7. The lowest BCUT2D eigenvalue weighted by molar-refractivity contribution is -0.126. The van der Waals surface area contributed by atoms with Gasteiger partial charge in [0.05, 0.1) is 12.8 Å². The summed E-state index contributed by atoms with van der Waals surface area (Å²) in [6.07, 6.45) is 9.84. The van der Waals surface area contributed by atoms with Gasteiger partial charge in [0.15, 0.2) is 0 Å². The van der Waals surface area contributed by atoms with Crippen LogP contribution < -0.4 is 15.5 Å². The molecule has 2 fully saturated rings. The molecule has 8 nitrogen and oxygen atoms in total. The number of pyridine rings is 1. The highest BCUT2D eigenvalue weighted by Gasteiger charge is 2.27. The van der Waals surface area contributed by atoms with Gasteiger partial charge in [-0.2, -0.15) is 0 Å². The molecule has 0 atom stereocenters. The quantitative estimate of drug-likeness (QED) is 0.721. The molecule has 2 saturated heterocycles. The number of piperidine rings is 1. The van der Waals surface area contributed by atoms with E-state index in [0.717, 1.165) is 30.2 Å². The lowest BCUT2D eigenvalue weighted by Gasteiger charge is -2.31. The first kappa shape index (κ1) is 22.2. The first-order valence-electron chi connectivity index (χ1n) is 11.7. The number of aromatic nitrogens is 1. The second kappa shape index (κ2) is 11.0. The number of rotatable bonds is 6. The molecule has 0 aromatic carbocycles. The molecule has 4 heterocycles. The minimum absolute atomic E-state index is 0.0250. The predicted octanol–water partition coefficient (Wildman–Crippen LogP) is 3.29. The molecular weight excluding hydrogens is 406 g/mol. The van der Waals surface area contributed by atoms with Gasteiger partial charge in [-0.15, -0.1) is 0 Å². The fourth-order valence-electron chi connectivity index (χ4n) is 4.37. The third-order valence-corrected chi connectivity index (χ3v) is 6.35. The molecule has 0 unspecified atom stereocenters. The summed E-state index contributed by atoms with van der Waals surface area (Å²) in [6, 6.07) is 7.66. The molecule has 0 spiro atoms. The van der Waals surface area contributed by atoms with Crippen molar-refractivity contribution >= 4 is 17.8 Å². The zero-order valence-electron chi connectivity index (χ0n) is 18.6. The number of carbonyl (C=O) groups is 2. The molecule has 0 radical (unpaired) electrons. The summed E-state index contributed by atoms with van der Waals surface area (Å²) in [4.78, 5) is 33.7. The molecule has 32 heavy (non-hydrogen) atoms. The zero-order valence-corrected chi connectivity index (χ0v) is 18.6. The van der Waals surface area contributed by atoms with Crippen LogP contribution in [0.4, 0.5) is 10.6 Å². The van der Waals surface area contributed by atoms with Crippen LogP contribution in [0.3, 0.4) is 0 Å². The van der Waals surface area contributed by atoms with Crippen molar-refractivity contribution in [3.63, 3.8) is 0 Å². The van der Waals surface area contributed by atoms with Crippen molar-refractivity contribution in [3.05, 3.63) is 48.0 Å². The van der Waals surface area contributed by atoms with Crippen molar-refractivity contribution in [2.45, 2.75) is 51.6 Å². The standard InChI is InChI=1S/C24H33N5O3/c30-23(26-18-21-6-5-15-32-21)20-9-13-29(14-10-20)24(31)27-17-19-7-8-22(25-16-19)28-11-3-1-2-4-12-28/h5-8,15-16,20H,1-4,9-14,17-18H2,(H,26,30)(H,27,31). The van der Waals surface area contributed by atoms with E-state index in [4.69, 9.17) is 4.42 Å². The summed E-state index contributed by atoms with van der Waals surface area (Å²) in [5, 5.41) is 5.90. The molecule has 0 saturated carbocycles. The van der Waals surface area contributed by atoms with Crippen molar-refractivity contribution in [3.8, 4) is 0 Å². The van der Waals surface area contributed by atoms with Crippen LogP contribution in [0.25, 0.3) is 0 Å². The van der Waals surface area contributed by atoms with Gasteiger partial charge in [-0.25, -0.2) is 9.78 Å². The number of nitrogens with zero attached hydrogens (tertiary/aromatic N) is 3. The number of carbonyl (C=O) groups excluding carboxylic acids is 2. The zero-order chi connectivity index (χ0) is 22.2. The molecule has 0 aliphatic carbocycles. The Labute approximate surface area is 189 Å². The molecule has 2 aliphatic rings. The summed E-state index contributed by atoms with van der Waals surface area (Å²) in [5.74, 6) is 1.72. The maximum Gasteiger partial charge on any atom is 0.317 e. The van der Waals surface area contributed by atoms with Crippen molar-refractivity contribution in [1.29, 1.82) is 0 Å². The summed E-state index contributed by atoms with van der Waals surface area (Å²) < 4.78 is 5.24. The van der Waals surface area contributed by atoms with Crippen LogP contribution in [0.1, 0.15) is 49.8 Å². The van der Waals surface area contributed by atoms with Crippen LogP contribution in [0.5, 0.6) is 0 Å². The molecule has 2 aromatic heterocycles. The molecule has 0 bridgehead atoms. The summed E-state index contributed by atoms with van der Waals surface area (Å²) >= 11 is 0. The Hall–Kier alpha value is -3.03. The van der Waals surface area contributed by atoms with Crippen LogP contribution >= 0.6 is 0 Å². The molecule has 2 N–H and O–H groups in total. The van der Waals surface area contributed by atoms with Gasteiger partial charge in [-0.3, -0.25) is 4.79 Å². The van der Waals surface area contributed by atoms with E-state index < -0.39 is 0 Å². The Morgan fingerprint density at radius 3 is 2.41 bits per heavy atom. The lowest BCUT2D eigenvalue weighted by atomic mass is 9.96. The number of anilines is 1. The molecule has 4 rings (SSSR count). The Bertz CT molecular complexity index is 852. The number of amides is 3. The molecule has 2 aromatic rings. The van der Waals surface area contributed by atoms with E-state index in [2.05, 4.69) is 26.6 Å². The number of nitrogens with one attached hydrogen (secondary N) is 2. The highest BCUT2D eigenvalue weighted by Crippen LogP contribution is 2.19. The minimum atomic E-state index is -0.0870. The SMILES string of the molecule is O=C(NCc1ccco1)C1CCN(C(=O)NCc2ccc(N3CCCCCC3)nc2)CC1. The summed E-state index contributed by atoms with van der Waals surface area (Å²) in [6.45, 7) is 4.15. The third-order valence-electron chi connectivity index (χ3n) is 6.35. The number of hydrogen-bond donors (Lipinski definition) is 2. The second-order valence-corrected chi connectivity index (χ2v) is 8.64. The average molecular weight is 440 g/mol. The van der Waals surface area contributed by atoms with Gasteiger partial charge < -0.3 is 24.9 Å². The molecule has 2 aliphatic heterocycles. The molecular formula is C24H33N5O3. The van der Waals surface area contributed by atoms with E-state index in [1.54, 1.807) is 17.2 Å². The molecule has 8 heteroatoms. The maximum atomic E-state index is 12.6. The van der Waals surface area contributed by atoms with Crippen molar-refractivity contribution < 1.29 is 14.0 Å². The Kier molecular flexibility index (Phi) is 7.64. The lowest BCUT2D eigenvalue weighted by Crippen LogP contribution is -2.46. The number of likely N-dealkylation sites (tertiary alicyclic amines) is 1.